The average molecular weight is 385 g/mol. The third-order valence-corrected chi connectivity index (χ3v) is 4.04. The first-order chi connectivity index (χ1) is 11.5. The molecule has 0 aliphatic heterocycles. The Kier molecular flexibility index (Phi) is 8.33. The van der Waals surface area contributed by atoms with Gasteiger partial charge in [0.2, 0.25) is 0 Å². The van der Waals surface area contributed by atoms with Crippen LogP contribution in [0.15, 0.2) is 29.6 Å². The van der Waals surface area contributed by atoms with Crippen molar-refractivity contribution in [2.75, 3.05) is 20.7 Å². The van der Waals surface area contributed by atoms with Gasteiger partial charge >= 0.3 is 0 Å². The maximum absolute atomic E-state index is 12.0. The van der Waals surface area contributed by atoms with Crippen LogP contribution in [0.5, 0.6) is 5.75 Å². The number of hydrogen-bond donors (Lipinski definition) is 2. The molecule has 2 rings (SSSR count). The Bertz CT molecular complexity index is 721. The minimum atomic E-state index is -0.250. The number of thiazole rings is 1. The predicted octanol–water partition coefficient (Wildman–Crippen LogP) is 1.42. The predicted molar refractivity (Wildman–Crippen MR) is 99.1 cm³/mol. The Morgan fingerprint density at radius 1 is 1.36 bits per heavy atom. The van der Waals surface area contributed by atoms with Crippen LogP contribution in [-0.4, -0.2) is 42.4 Å². The van der Waals surface area contributed by atoms with E-state index in [4.69, 9.17) is 10.5 Å². The fourth-order valence-electron chi connectivity index (χ4n) is 1.80. The fraction of sp³-hybridized carbons (Fsp3) is 0.312. The Balaban J connectivity index is 0.00000312. The molecule has 0 radical (unpaired) electrons. The lowest BCUT2D eigenvalue weighted by molar-refractivity contribution is -0.130. The van der Waals surface area contributed by atoms with E-state index in [0.717, 1.165) is 10.6 Å². The normalized spacial score (nSPS) is 9.88. The van der Waals surface area contributed by atoms with Crippen molar-refractivity contribution >= 4 is 35.6 Å². The summed E-state index contributed by atoms with van der Waals surface area (Å²) in [6.45, 7) is 0.639. The summed E-state index contributed by atoms with van der Waals surface area (Å²) >= 11 is 1.36. The van der Waals surface area contributed by atoms with Crippen LogP contribution in [0, 0.1) is 0 Å². The van der Waals surface area contributed by atoms with Crippen LogP contribution in [-0.2, 0) is 17.9 Å². The zero-order chi connectivity index (χ0) is 17.5. The van der Waals surface area contributed by atoms with Gasteiger partial charge in [0.1, 0.15) is 16.5 Å². The summed E-state index contributed by atoms with van der Waals surface area (Å²) in [6, 6.07) is 7.23. The molecule has 136 valence electrons. The summed E-state index contributed by atoms with van der Waals surface area (Å²) in [5.74, 6) is 0.212. The first-order valence-electron chi connectivity index (χ1n) is 7.34. The highest BCUT2D eigenvalue weighted by molar-refractivity contribution is 7.09. The monoisotopic (exact) mass is 384 g/mol. The Labute approximate surface area is 156 Å². The summed E-state index contributed by atoms with van der Waals surface area (Å²) in [5.41, 5.74) is 6.72. The number of ether oxygens (including phenoxy) is 1. The lowest BCUT2D eigenvalue weighted by Crippen LogP contribution is -2.27. The number of carbonyl (C=O) groups is 2. The Morgan fingerprint density at radius 2 is 2.12 bits per heavy atom. The van der Waals surface area contributed by atoms with Crippen molar-refractivity contribution in [1.29, 1.82) is 0 Å². The molecular formula is C16H21ClN4O3S. The molecule has 7 nitrogen and oxygen atoms in total. The minimum Gasteiger partial charge on any atom is -0.484 e. The summed E-state index contributed by atoms with van der Waals surface area (Å²) < 4.78 is 5.45. The van der Waals surface area contributed by atoms with E-state index in [2.05, 4.69) is 10.3 Å². The number of nitrogens with one attached hydrogen (secondary N) is 1. The summed E-state index contributed by atoms with van der Waals surface area (Å²) in [4.78, 5) is 29.2. The molecule has 0 aliphatic carbocycles. The van der Waals surface area contributed by atoms with Gasteiger partial charge in [-0.05, 0) is 17.7 Å². The number of nitrogens with two attached hydrogens (primary N) is 1. The highest BCUT2D eigenvalue weighted by atomic mass is 35.5. The van der Waals surface area contributed by atoms with Crippen molar-refractivity contribution in [1.82, 2.24) is 15.2 Å². The third kappa shape index (κ3) is 6.33. The maximum atomic E-state index is 12.0. The largest absolute Gasteiger partial charge is 0.484 e. The minimum absolute atomic E-state index is 0. The number of amides is 2. The molecule has 2 aromatic rings. The molecule has 3 N–H and O–H groups in total. The molecule has 0 fully saturated rings. The number of aromatic nitrogens is 1. The Morgan fingerprint density at radius 3 is 2.76 bits per heavy atom. The molecule has 0 spiro atoms. The van der Waals surface area contributed by atoms with Crippen molar-refractivity contribution in [3.63, 3.8) is 0 Å². The van der Waals surface area contributed by atoms with Crippen molar-refractivity contribution in [2.24, 2.45) is 5.73 Å². The lowest BCUT2D eigenvalue weighted by atomic mass is 10.2. The van der Waals surface area contributed by atoms with Gasteiger partial charge in [0.05, 0.1) is 0 Å². The van der Waals surface area contributed by atoms with E-state index in [-0.39, 0.29) is 30.8 Å². The zero-order valence-electron chi connectivity index (χ0n) is 14.0. The van der Waals surface area contributed by atoms with Gasteiger partial charge in [-0.2, -0.15) is 0 Å². The van der Waals surface area contributed by atoms with E-state index in [0.29, 0.717) is 24.5 Å². The first-order valence-corrected chi connectivity index (χ1v) is 8.22. The second kappa shape index (κ2) is 9.97. The number of likely N-dealkylation sites (N-methyl/N-ethyl adjacent to an activating group) is 1. The molecule has 0 bridgehead atoms. The van der Waals surface area contributed by atoms with E-state index in [9.17, 15) is 9.59 Å². The van der Waals surface area contributed by atoms with Gasteiger partial charge < -0.3 is 20.7 Å². The van der Waals surface area contributed by atoms with Crippen LogP contribution < -0.4 is 15.8 Å². The highest BCUT2D eigenvalue weighted by Crippen LogP contribution is 2.14. The second-order valence-corrected chi connectivity index (χ2v) is 6.18. The summed E-state index contributed by atoms with van der Waals surface area (Å²) in [5, 5.41) is 5.20. The average Bonchev–Trinajstić information content (AvgIpc) is 3.07. The maximum Gasteiger partial charge on any atom is 0.271 e. The number of carbonyl (C=O) groups excluding carboxylic acids is 2. The standard InChI is InChI=1S/C16H20N4O3S.ClH/c1-20(2)15(21)9-23-12-5-3-4-11(6-12)8-18-16(22)13-10-24-14(7-17)19-13;/h3-6,10H,7-9,17H2,1-2H3,(H,18,22);1H. The number of nitrogens with zero attached hydrogens (tertiary/aromatic N) is 2. The van der Waals surface area contributed by atoms with Crippen molar-refractivity contribution in [2.45, 2.75) is 13.1 Å². The molecule has 9 heteroatoms. The van der Waals surface area contributed by atoms with E-state index < -0.39 is 0 Å². The van der Waals surface area contributed by atoms with Gasteiger partial charge in [-0.3, -0.25) is 9.59 Å². The number of rotatable bonds is 7. The van der Waals surface area contributed by atoms with Gasteiger partial charge in [0, 0.05) is 32.6 Å². The molecule has 0 atom stereocenters. The van der Waals surface area contributed by atoms with E-state index >= 15 is 0 Å². The van der Waals surface area contributed by atoms with Crippen LogP contribution in [0.1, 0.15) is 21.1 Å². The lowest BCUT2D eigenvalue weighted by Gasteiger charge is -2.12. The Hall–Kier alpha value is -2.16. The van der Waals surface area contributed by atoms with E-state index in [1.165, 1.54) is 16.2 Å². The van der Waals surface area contributed by atoms with Crippen molar-refractivity contribution < 1.29 is 14.3 Å². The van der Waals surface area contributed by atoms with Crippen LogP contribution in [0.25, 0.3) is 0 Å². The van der Waals surface area contributed by atoms with Crippen molar-refractivity contribution in [3.8, 4) is 5.75 Å². The molecule has 0 saturated heterocycles. The van der Waals surface area contributed by atoms with Crippen LogP contribution in [0.2, 0.25) is 0 Å². The number of benzene rings is 1. The topological polar surface area (TPSA) is 97.5 Å². The smallest absolute Gasteiger partial charge is 0.271 e. The molecule has 0 unspecified atom stereocenters. The fourth-order valence-corrected chi connectivity index (χ4v) is 2.46. The van der Waals surface area contributed by atoms with Gasteiger partial charge in [0.15, 0.2) is 6.61 Å². The van der Waals surface area contributed by atoms with Crippen LogP contribution >= 0.6 is 23.7 Å². The molecule has 25 heavy (non-hydrogen) atoms. The second-order valence-electron chi connectivity index (χ2n) is 5.24. The zero-order valence-corrected chi connectivity index (χ0v) is 15.7. The summed E-state index contributed by atoms with van der Waals surface area (Å²) in [7, 11) is 3.35. The van der Waals surface area contributed by atoms with Gasteiger partial charge in [0.25, 0.3) is 11.8 Å². The molecule has 0 saturated carbocycles. The van der Waals surface area contributed by atoms with Crippen molar-refractivity contribution in [3.05, 3.63) is 45.9 Å². The van der Waals surface area contributed by atoms with Crippen LogP contribution in [0.4, 0.5) is 0 Å². The molecule has 0 aliphatic rings. The molecule has 1 aromatic heterocycles. The highest BCUT2D eigenvalue weighted by Gasteiger charge is 2.10. The van der Waals surface area contributed by atoms with Gasteiger partial charge in [-0.1, -0.05) is 12.1 Å². The SMILES string of the molecule is CN(C)C(=O)COc1cccc(CNC(=O)c2csc(CN)n2)c1.Cl. The molecule has 1 heterocycles. The third-order valence-electron chi connectivity index (χ3n) is 3.17. The quantitative estimate of drug-likeness (QED) is 0.752. The molecular weight excluding hydrogens is 364 g/mol. The number of hydrogen-bond acceptors (Lipinski definition) is 6. The molecule has 2 amide bonds. The summed E-state index contributed by atoms with van der Waals surface area (Å²) in [6.07, 6.45) is 0. The van der Waals surface area contributed by atoms with E-state index in [1.807, 2.05) is 12.1 Å². The first kappa shape index (κ1) is 20.9. The van der Waals surface area contributed by atoms with E-state index in [1.54, 1.807) is 31.6 Å². The van der Waals surface area contributed by atoms with Crippen LogP contribution in [0.3, 0.4) is 0 Å². The molecule has 1 aromatic carbocycles. The number of halogens is 1. The van der Waals surface area contributed by atoms with Gasteiger partial charge in [-0.15, -0.1) is 23.7 Å². The van der Waals surface area contributed by atoms with Gasteiger partial charge in [-0.25, -0.2) is 4.98 Å².